The quantitative estimate of drug-likeness (QED) is 0.662. The number of anilines is 1. The van der Waals surface area contributed by atoms with Crippen molar-refractivity contribution < 1.29 is 14.3 Å². The lowest BCUT2D eigenvalue weighted by Crippen LogP contribution is -2.14. The minimum absolute atomic E-state index is 0.232. The summed E-state index contributed by atoms with van der Waals surface area (Å²) in [6.07, 6.45) is 0. The zero-order valence-corrected chi connectivity index (χ0v) is 15.5. The Morgan fingerprint density at radius 3 is 2.65 bits per heavy atom. The standard InChI is InChI=1S/C20H20N2O3S/c1-3-25-12-15-6-4-5-7-17(15)21-19(23)18-13-26-20(22-18)14-8-10-16(24-2)11-9-14/h4-11,13H,3,12H2,1-2H3,(H,21,23). The Kier molecular flexibility index (Phi) is 5.99. The summed E-state index contributed by atoms with van der Waals surface area (Å²) in [6.45, 7) is 3.03. The highest BCUT2D eigenvalue weighted by Crippen LogP contribution is 2.26. The van der Waals surface area contributed by atoms with Crippen molar-refractivity contribution in [1.29, 1.82) is 0 Å². The van der Waals surface area contributed by atoms with E-state index in [9.17, 15) is 4.79 Å². The van der Waals surface area contributed by atoms with E-state index >= 15 is 0 Å². The third kappa shape index (κ3) is 4.28. The van der Waals surface area contributed by atoms with Crippen molar-refractivity contribution in [3.63, 3.8) is 0 Å². The molecule has 3 rings (SSSR count). The maximum absolute atomic E-state index is 12.6. The van der Waals surface area contributed by atoms with Gasteiger partial charge in [-0.15, -0.1) is 11.3 Å². The molecule has 3 aromatic rings. The zero-order valence-electron chi connectivity index (χ0n) is 14.7. The summed E-state index contributed by atoms with van der Waals surface area (Å²) >= 11 is 1.44. The van der Waals surface area contributed by atoms with E-state index in [0.717, 1.165) is 27.6 Å². The summed E-state index contributed by atoms with van der Waals surface area (Å²) in [5.74, 6) is 0.555. The number of nitrogens with one attached hydrogen (secondary N) is 1. The van der Waals surface area contributed by atoms with E-state index in [1.54, 1.807) is 12.5 Å². The third-order valence-electron chi connectivity index (χ3n) is 3.80. The molecule has 1 heterocycles. The minimum atomic E-state index is -0.232. The molecule has 26 heavy (non-hydrogen) atoms. The second-order valence-electron chi connectivity index (χ2n) is 5.51. The molecule has 0 bridgehead atoms. The fraction of sp³-hybridized carbons (Fsp3) is 0.200. The van der Waals surface area contributed by atoms with Gasteiger partial charge >= 0.3 is 0 Å². The van der Waals surface area contributed by atoms with Gasteiger partial charge in [-0.2, -0.15) is 0 Å². The summed E-state index contributed by atoms with van der Waals surface area (Å²) in [5.41, 5.74) is 3.02. The van der Waals surface area contributed by atoms with Gasteiger partial charge in [-0.05, 0) is 37.3 Å². The first-order valence-electron chi connectivity index (χ1n) is 8.28. The highest BCUT2D eigenvalue weighted by Gasteiger charge is 2.14. The lowest BCUT2D eigenvalue weighted by Gasteiger charge is -2.10. The van der Waals surface area contributed by atoms with Gasteiger partial charge in [0.15, 0.2) is 0 Å². The number of nitrogens with zero attached hydrogens (tertiary/aromatic N) is 1. The van der Waals surface area contributed by atoms with Crippen LogP contribution in [0.25, 0.3) is 10.6 Å². The summed E-state index contributed by atoms with van der Waals surface area (Å²) < 4.78 is 10.6. The number of benzene rings is 2. The normalized spacial score (nSPS) is 10.5. The number of hydrogen-bond acceptors (Lipinski definition) is 5. The van der Waals surface area contributed by atoms with Gasteiger partial charge in [0, 0.05) is 28.8 Å². The first-order chi connectivity index (χ1) is 12.7. The Morgan fingerprint density at radius 2 is 1.92 bits per heavy atom. The number of carbonyl (C=O) groups is 1. The highest BCUT2D eigenvalue weighted by molar-refractivity contribution is 7.13. The van der Waals surface area contributed by atoms with Crippen LogP contribution in [-0.4, -0.2) is 24.6 Å². The Labute approximate surface area is 156 Å². The molecule has 0 aliphatic rings. The lowest BCUT2D eigenvalue weighted by molar-refractivity contribution is 0.102. The van der Waals surface area contributed by atoms with Crippen LogP contribution in [0.3, 0.4) is 0 Å². The van der Waals surface area contributed by atoms with Crippen LogP contribution in [-0.2, 0) is 11.3 Å². The first kappa shape index (κ1) is 18.1. The van der Waals surface area contributed by atoms with Gasteiger partial charge in [0.05, 0.1) is 13.7 Å². The van der Waals surface area contributed by atoms with Crippen molar-refractivity contribution >= 4 is 22.9 Å². The molecule has 134 valence electrons. The number of amides is 1. The second kappa shape index (κ2) is 8.60. The van der Waals surface area contributed by atoms with Crippen molar-refractivity contribution in [3.8, 4) is 16.3 Å². The SMILES string of the molecule is CCOCc1ccccc1NC(=O)c1csc(-c2ccc(OC)cc2)n1. The molecule has 1 aromatic heterocycles. The summed E-state index contributed by atoms with van der Waals surface area (Å²) in [6, 6.07) is 15.2. The molecular formula is C20H20N2O3S. The van der Waals surface area contributed by atoms with Crippen molar-refractivity contribution in [3.05, 3.63) is 65.2 Å². The largest absolute Gasteiger partial charge is 0.497 e. The molecule has 6 heteroatoms. The molecular weight excluding hydrogens is 348 g/mol. The number of ether oxygens (including phenoxy) is 2. The van der Waals surface area contributed by atoms with Crippen LogP contribution >= 0.6 is 11.3 Å². The molecule has 0 radical (unpaired) electrons. The van der Waals surface area contributed by atoms with Gasteiger partial charge in [0.25, 0.3) is 5.91 Å². The van der Waals surface area contributed by atoms with E-state index < -0.39 is 0 Å². The van der Waals surface area contributed by atoms with E-state index in [0.29, 0.717) is 18.9 Å². The predicted octanol–water partition coefficient (Wildman–Crippen LogP) is 4.61. The van der Waals surface area contributed by atoms with Gasteiger partial charge in [-0.1, -0.05) is 18.2 Å². The molecule has 0 fully saturated rings. The van der Waals surface area contributed by atoms with Gasteiger partial charge in [0.1, 0.15) is 16.5 Å². The summed E-state index contributed by atoms with van der Waals surface area (Å²) in [4.78, 5) is 17.0. The fourth-order valence-electron chi connectivity index (χ4n) is 2.41. The molecule has 1 N–H and O–H groups in total. The molecule has 0 spiro atoms. The number of carbonyl (C=O) groups excluding carboxylic acids is 1. The van der Waals surface area contributed by atoms with Crippen LogP contribution in [0.1, 0.15) is 23.0 Å². The Hall–Kier alpha value is -2.70. The van der Waals surface area contributed by atoms with Crippen LogP contribution in [0.5, 0.6) is 5.75 Å². The summed E-state index contributed by atoms with van der Waals surface area (Å²) in [5, 5.41) is 5.48. The maximum atomic E-state index is 12.6. The van der Waals surface area contributed by atoms with E-state index in [2.05, 4.69) is 10.3 Å². The lowest BCUT2D eigenvalue weighted by atomic mass is 10.2. The van der Waals surface area contributed by atoms with Gasteiger partial charge in [-0.3, -0.25) is 4.79 Å². The number of thiazole rings is 1. The van der Waals surface area contributed by atoms with Crippen molar-refractivity contribution in [2.75, 3.05) is 19.0 Å². The van der Waals surface area contributed by atoms with Crippen LogP contribution < -0.4 is 10.1 Å². The number of methoxy groups -OCH3 is 1. The maximum Gasteiger partial charge on any atom is 0.275 e. The predicted molar refractivity (Wildman–Crippen MR) is 104 cm³/mol. The van der Waals surface area contributed by atoms with Crippen molar-refractivity contribution in [1.82, 2.24) is 4.98 Å². The number of aromatic nitrogens is 1. The number of hydrogen-bond donors (Lipinski definition) is 1. The minimum Gasteiger partial charge on any atom is -0.497 e. The fourth-order valence-corrected chi connectivity index (χ4v) is 3.22. The molecule has 2 aromatic carbocycles. The molecule has 0 saturated carbocycles. The smallest absolute Gasteiger partial charge is 0.275 e. The highest BCUT2D eigenvalue weighted by atomic mass is 32.1. The van der Waals surface area contributed by atoms with Crippen LogP contribution in [0.2, 0.25) is 0 Å². The topological polar surface area (TPSA) is 60.5 Å². The van der Waals surface area contributed by atoms with Crippen LogP contribution in [0.15, 0.2) is 53.9 Å². The van der Waals surface area contributed by atoms with E-state index in [4.69, 9.17) is 9.47 Å². The third-order valence-corrected chi connectivity index (χ3v) is 4.69. The average molecular weight is 368 g/mol. The molecule has 0 unspecified atom stereocenters. The molecule has 0 saturated heterocycles. The van der Waals surface area contributed by atoms with Gasteiger partial charge < -0.3 is 14.8 Å². The van der Waals surface area contributed by atoms with Crippen molar-refractivity contribution in [2.45, 2.75) is 13.5 Å². The summed E-state index contributed by atoms with van der Waals surface area (Å²) in [7, 11) is 1.63. The van der Waals surface area contributed by atoms with Crippen LogP contribution in [0.4, 0.5) is 5.69 Å². The van der Waals surface area contributed by atoms with E-state index in [1.807, 2.05) is 55.5 Å². The Balaban J connectivity index is 1.74. The molecule has 0 aliphatic heterocycles. The second-order valence-corrected chi connectivity index (χ2v) is 6.37. The average Bonchev–Trinajstić information content (AvgIpc) is 3.18. The van der Waals surface area contributed by atoms with E-state index in [1.165, 1.54) is 11.3 Å². The van der Waals surface area contributed by atoms with Gasteiger partial charge in [-0.25, -0.2) is 4.98 Å². The Morgan fingerprint density at radius 1 is 1.15 bits per heavy atom. The van der Waals surface area contributed by atoms with Gasteiger partial charge in [0.2, 0.25) is 0 Å². The molecule has 5 nitrogen and oxygen atoms in total. The van der Waals surface area contributed by atoms with Crippen LogP contribution in [0, 0.1) is 0 Å². The van der Waals surface area contributed by atoms with Crippen molar-refractivity contribution in [2.24, 2.45) is 0 Å². The molecule has 1 amide bonds. The Bertz CT molecular complexity index is 875. The van der Waals surface area contributed by atoms with E-state index in [-0.39, 0.29) is 5.91 Å². The monoisotopic (exact) mass is 368 g/mol. The molecule has 0 atom stereocenters. The zero-order chi connectivity index (χ0) is 18.4. The number of para-hydroxylation sites is 1. The first-order valence-corrected chi connectivity index (χ1v) is 9.16. The molecule has 0 aliphatic carbocycles. The number of rotatable bonds is 7.